The molecular weight excluding hydrogens is 404 g/mol. The summed E-state index contributed by atoms with van der Waals surface area (Å²) in [6, 6.07) is 3.87. The van der Waals surface area contributed by atoms with Gasteiger partial charge >= 0.3 is 0 Å². The summed E-state index contributed by atoms with van der Waals surface area (Å²) in [5, 5.41) is 44.4. The van der Waals surface area contributed by atoms with E-state index in [-0.39, 0.29) is 29.6 Å². The number of benzene rings is 1. The molecule has 2 fully saturated rings. The normalized spacial score (nSPS) is 42.0. The summed E-state index contributed by atoms with van der Waals surface area (Å²) >= 11 is 0. The molecule has 6 N–H and O–H groups in total. The number of phenolic OH excluding ortho intramolecular Hbond substituents is 1. The summed E-state index contributed by atoms with van der Waals surface area (Å²) in [6.07, 6.45) is -2.93. The summed E-state index contributed by atoms with van der Waals surface area (Å²) in [7, 11) is 3.20. The van der Waals surface area contributed by atoms with E-state index in [1.54, 1.807) is 26.2 Å². The number of nitrogens with two attached hydrogens (primary N) is 1. The van der Waals surface area contributed by atoms with Gasteiger partial charge in [0.25, 0.3) is 0 Å². The Morgan fingerprint density at radius 3 is 2.45 bits per heavy atom. The number of phenols is 1. The lowest BCUT2D eigenvalue weighted by molar-refractivity contribution is -0.220. The van der Waals surface area contributed by atoms with Crippen LogP contribution < -0.4 is 5.73 Å². The topological polar surface area (TPSA) is 161 Å². The molecule has 31 heavy (non-hydrogen) atoms. The average molecular weight is 432 g/mol. The first kappa shape index (κ1) is 21.9. The second-order valence-corrected chi connectivity index (χ2v) is 9.38. The molecule has 0 heterocycles. The molecule has 0 aliphatic heterocycles. The highest BCUT2D eigenvalue weighted by Crippen LogP contribution is 2.58. The zero-order valence-electron chi connectivity index (χ0n) is 17.6. The Hall–Kier alpha value is -2.33. The Labute approximate surface area is 179 Å². The van der Waals surface area contributed by atoms with Crippen molar-refractivity contribution in [1.29, 1.82) is 0 Å². The number of Topliss-reactive ketones (excluding diaryl/α,β-unsaturated/α-hetero) is 2. The minimum atomic E-state index is -2.44. The van der Waals surface area contributed by atoms with Gasteiger partial charge in [-0.05, 0) is 44.0 Å². The molecule has 1 aromatic rings. The molecular formula is C22H28N2O7. The molecule has 168 valence electrons. The lowest BCUT2D eigenvalue weighted by Crippen LogP contribution is -2.75. The molecule has 0 saturated heterocycles. The van der Waals surface area contributed by atoms with Gasteiger partial charge in [-0.2, -0.15) is 0 Å². The number of hydrogen-bond acceptors (Lipinski definition) is 8. The van der Waals surface area contributed by atoms with Gasteiger partial charge in [0.15, 0.2) is 23.1 Å². The van der Waals surface area contributed by atoms with Gasteiger partial charge in [0.2, 0.25) is 5.91 Å². The van der Waals surface area contributed by atoms with Gasteiger partial charge in [-0.1, -0.05) is 19.1 Å². The van der Waals surface area contributed by atoms with Crippen molar-refractivity contribution in [2.24, 2.45) is 29.4 Å². The van der Waals surface area contributed by atoms with Gasteiger partial charge in [-0.25, -0.2) is 0 Å². The van der Waals surface area contributed by atoms with Gasteiger partial charge < -0.3 is 26.2 Å². The number of rotatable bonds is 2. The van der Waals surface area contributed by atoms with Crippen LogP contribution in [0.15, 0.2) is 18.2 Å². The number of carbonyl (C=O) groups is 3. The van der Waals surface area contributed by atoms with E-state index < -0.39 is 59.1 Å². The van der Waals surface area contributed by atoms with Gasteiger partial charge in [-0.3, -0.25) is 19.3 Å². The van der Waals surface area contributed by atoms with E-state index in [2.05, 4.69) is 0 Å². The molecule has 0 aromatic heterocycles. The van der Waals surface area contributed by atoms with Crippen LogP contribution in [0.4, 0.5) is 0 Å². The molecule has 9 heteroatoms. The molecule has 9 atom stereocenters. The number of aliphatic hydroxyl groups excluding tert-OH is 2. The molecule has 0 radical (unpaired) electrons. The van der Waals surface area contributed by atoms with E-state index in [1.807, 2.05) is 6.92 Å². The standard InChI is InChI=1S/C22H28N2O7/c1-8-9-5-4-6-12(25)13(9)17(26)14-10(8)7-11-16(24(2)3)18(27)15(21(23)30)20(29)22(11,31)19(14)28/h4-6,8,10-11,14-17,19,25-26,28,31H,7H2,1-3H3,(H2,23,30)/t8?,10?,11-,14?,15?,16-,17?,19?,22-/m1/s1. The van der Waals surface area contributed by atoms with Crippen LogP contribution in [-0.4, -0.2) is 74.6 Å². The molecule has 9 nitrogen and oxygen atoms in total. The van der Waals surface area contributed by atoms with E-state index in [0.29, 0.717) is 0 Å². The monoisotopic (exact) mass is 432 g/mol. The lowest BCUT2D eigenvalue weighted by Gasteiger charge is -2.58. The predicted molar refractivity (Wildman–Crippen MR) is 108 cm³/mol. The highest BCUT2D eigenvalue weighted by atomic mass is 16.4. The molecule has 2 saturated carbocycles. The maximum atomic E-state index is 13.2. The Bertz CT molecular complexity index is 963. The van der Waals surface area contributed by atoms with Crippen LogP contribution in [0, 0.1) is 23.7 Å². The number of amides is 1. The van der Waals surface area contributed by atoms with Crippen molar-refractivity contribution < 1.29 is 34.8 Å². The van der Waals surface area contributed by atoms with Crippen molar-refractivity contribution in [3.8, 4) is 5.75 Å². The number of hydrogen-bond donors (Lipinski definition) is 5. The fourth-order valence-corrected chi connectivity index (χ4v) is 6.35. The summed E-state index contributed by atoms with van der Waals surface area (Å²) in [5.41, 5.74) is 3.86. The van der Waals surface area contributed by atoms with Crippen LogP contribution in [0.25, 0.3) is 0 Å². The van der Waals surface area contributed by atoms with E-state index >= 15 is 0 Å². The third-order valence-electron chi connectivity index (χ3n) is 7.77. The molecule has 0 bridgehead atoms. The fraction of sp³-hybridized carbons (Fsp3) is 0.591. The maximum absolute atomic E-state index is 13.2. The molecule has 3 aliphatic rings. The summed E-state index contributed by atoms with van der Waals surface area (Å²) in [4.78, 5) is 39.7. The first-order valence-corrected chi connectivity index (χ1v) is 10.4. The number of carbonyl (C=O) groups excluding carboxylic acids is 3. The zero-order chi connectivity index (χ0) is 23.0. The smallest absolute Gasteiger partial charge is 0.235 e. The molecule has 3 aliphatic carbocycles. The zero-order valence-corrected chi connectivity index (χ0v) is 17.6. The average Bonchev–Trinajstić information content (AvgIpc) is 2.68. The first-order valence-electron chi connectivity index (χ1n) is 10.4. The maximum Gasteiger partial charge on any atom is 0.235 e. The highest BCUT2D eigenvalue weighted by Gasteiger charge is 2.69. The van der Waals surface area contributed by atoms with E-state index in [0.717, 1.165) is 5.56 Å². The van der Waals surface area contributed by atoms with Crippen LogP contribution >= 0.6 is 0 Å². The minimum Gasteiger partial charge on any atom is -0.508 e. The van der Waals surface area contributed by atoms with E-state index in [4.69, 9.17) is 5.73 Å². The summed E-state index contributed by atoms with van der Waals surface area (Å²) < 4.78 is 0. The van der Waals surface area contributed by atoms with Crippen LogP contribution in [0.5, 0.6) is 5.75 Å². The quantitative estimate of drug-likeness (QED) is 0.375. The second kappa shape index (κ2) is 7.09. The number of nitrogens with zero attached hydrogens (tertiary/aromatic N) is 1. The SMILES string of the molecule is CC1c2cccc(O)c2C(O)C2C1C[C@@H]1[C@@H](N(C)C)C(=O)C(C(N)=O)C(=O)[C@]1(O)C2O. The van der Waals surface area contributed by atoms with Gasteiger partial charge in [0.1, 0.15) is 5.75 Å². The summed E-state index contributed by atoms with van der Waals surface area (Å²) in [6.45, 7) is 1.89. The van der Waals surface area contributed by atoms with Crippen LogP contribution in [0.3, 0.4) is 0 Å². The summed E-state index contributed by atoms with van der Waals surface area (Å²) in [5.74, 6) is -7.57. The van der Waals surface area contributed by atoms with Crippen molar-refractivity contribution in [3.05, 3.63) is 29.3 Å². The minimum absolute atomic E-state index is 0.136. The van der Waals surface area contributed by atoms with Gasteiger partial charge in [0.05, 0.1) is 18.2 Å². The number of primary amides is 1. The number of aliphatic hydroxyl groups is 3. The lowest BCUT2D eigenvalue weighted by atomic mass is 9.49. The highest BCUT2D eigenvalue weighted by molar-refractivity contribution is 6.24. The van der Waals surface area contributed by atoms with Crippen molar-refractivity contribution in [1.82, 2.24) is 4.90 Å². The Morgan fingerprint density at radius 1 is 1.23 bits per heavy atom. The van der Waals surface area contributed by atoms with E-state index in [1.165, 1.54) is 11.0 Å². The molecule has 4 rings (SSSR count). The van der Waals surface area contributed by atoms with Gasteiger partial charge in [0, 0.05) is 17.4 Å². The van der Waals surface area contributed by atoms with E-state index in [9.17, 15) is 34.8 Å². The molecule has 1 aromatic carbocycles. The Balaban J connectivity index is 1.89. The third kappa shape index (κ3) is 2.73. The predicted octanol–water partition coefficient (Wildman–Crippen LogP) is -0.929. The van der Waals surface area contributed by atoms with Crippen molar-refractivity contribution in [2.75, 3.05) is 14.1 Å². The van der Waals surface area contributed by atoms with Crippen LogP contribution in [0.1, 0.15) is 36.5 Å². The third-order valence-corrected chi connectivity index (χ3v) is 7.77. The van der Waals surface area contributed by atoms with Crippen molar-refractivity contribution in [2.45, 2.75) is 43.1 Å². The Morgan fingerprint density at radius 2 is 1.87 bits per heavy atom. The Kier molecular flexibility index (Phi) is 5.01. The van der Waals surface area contributed by atoms with Gasteiger partial charge in [-0.15, -0.1) is 0 Å². The second-order valence-electron chi connectivity index (χ2n) is 9.38. The van der Waals surface area contributed by atoms with Crippen LogP contribution in [0.2, 0.25) is 0 Å². The fourth-order valence-electron chi connectivity index (χ4n) is 6.35. The molecule has 0 spiro atoms. The number of ketones is 2. The number of fused-ring (bicyclic) bond motifs is 3. The van der Waals surface area contributed by atoms with Crippen LogP contribution in [-0.2, 0) is 14.4 Å². The molecule has 1 amide bonds. The molecule has 6 unspecified atom stereocenters. The van der Waals surface area contributed by atoms with Crippen molar-refractivity contribution in [3.63, 3.8) is 0 Å². The number of aromatic hydroxyl groups is 1. The number of likely N-dealkylation sites (N-methyl/N-ethyl adjacent to an activating group) is 1. The largest absolute Gasteiger partial charge is 0.508 e. The first-order chi connectivity index (χ1) is 14.4. The van der Waals surface area contributed by atoms with Crippen molar-refractivity contribution >= 4 is 17.5 Å².